The molecule has 1 aliphatic heterocycles. The molecule has 1 atom stereocenters. The predicted octanol–water partition coefficient (Wildman–Crippen LogP) is 4.85. The molecule has 0 radical (unpaired) electrons. The highest BCUT2D eigenvalue weighted by Crippen LogP contribution is 2.34. The summed E-state index contributed by atoms with van der Waals surface area (Å²) in [5.74, 6) is 0.185. The van der Waals surface area contributed by atoms with Crippen LogP contribution in [0.2, 0.25) is 0 Å². The van der Waals surface area contributed by atoms with Crippen molar-refractivity contribution in [1.82, 2.24) is 0 Å². The van der Waals surface area contributed by atoms with Crippen LogP contribution in [0.15, 0.2) is 41.8 Å². The Morgan fingerprint density at radius 2 is 2.14 bits per heavy atom. The van der Waals surface area contributed by atoms with Crippen LogP contribution in [0.25, 0.3) is 9.40 Å². The Morgan fingerprint density at radius 1 is 1.24 bits per heavy atom. The molecular weight excluding hydrogens is 300 g/mol. The highest BCUT2D eigenvalue weighted by atomic mass is 32.1. The normalized spacial score (nSPS) is 17.8. The molecule has 4 heteroatoms. The fourth-order valence-corrected chi connectivity index (χ4v) is 4.88. The van der Waals surface area contributed by atoms with Gasteiger partial charge in [0.1, 0.15) is 0 Å². The monoisotopic (exact) mass is 314 g/mol. The van der Waals surface area contributed by atoms with Crippen LogP contribution in [-0.2, 0) is 11.2 Å². The summed E-state index contributed by atoms with van der Waals surface area (Å²) in [6, 6.07) is 12.4. The van der Waals surface area contributed by atoms with Gasteiger partial charge in [0, 0.05) is 15.8 Å². The highest BCUT2D eigenvalue weighted by Gasteiger charge is 2.24. The Bertz CT molecular complexity index is 771. The van der Waals surface area contributed by atoms with Gasteiger partial charge in [0.25, 0.3) is 0 Å². The van der Waals surface area contributed by atoms with Crippen LogP contribution in [0, 0.1) is 0 Å². The Morgan fingerprint density at radius 3 is 3.05 bits per heavy atom. The molecule has 106 valence electrons. The Kier molecular flexibility index (Phi) is 3.37. The average molecular weight is 314 g/mol. The molecular formula is C17H14O2S2. The van der Waals surface area contributed by atoms with Gasteiger partial charge in [-0.05, 0) is 35.1 Å². The molecule has 0 saturated heterocycles. The maximum Gasteiger partial charge on any atom is 0.175 e. The van der Waals surface area contributed by atoms with E-state index in [9.17, 15) is 4.79 Å². The minimum absolute atomic E-state index is 0.0948. The lowest BCUT2D eigenvalue weighted by Crippen LogP contribution is -2.18. The van der Waals surface area contributed by atoms with Gasteiger partial charge in [0.2, 0.25) is 0 Å². The number of ketones is 1. The minimum atomic E-state index is -0.0948. The lowest BCUT2D eigenvalue weighted by atomic mass is 9.94. The predicted molar refractivity (Wildman–Crippen MR) is 87.5 cm³/mol. The van der Waals surface area contributed by atoms with Crippen LogP contribution < -0.4 is 0 Å². The standard InChI is InChI=1S/C17H14O2S2/c18-13(16-10-17-15(21-16)6-8-20-17)9-14-12-4-2-1-3-11(12)5-7-19-14/h1-4,6,8,10,14H,5,7,9H2. The number of hydrogen-bond acceptors (Lipinski definition) is 4. The zero-order chi connectivity index (χ0) is 14.2. The smallest absolute Gasteiger partial charge is 0.175 e. The summed E-state index contributed by atoms with van der Waals surface area (Å²) >= 11 is 3.27. The molecule has 0 aliphatic carbocycles. The van der Waals surface area contributed by atoms with Crippen LogP contribution in [0.1, 0.15) is 33.3 Å². The molecule has 4 rings (SSSR count). The molecule has 21 heavy (non-hydrogen) atoms. The molecule has 3 heterocycles. The van der Waals surface area contributed by atoms with Crippen molar-refractivity contribution in [3.05, 3.63) is 57.8 Å². The molecule has 0 bridgehead atoms. The number of hydrogen-bond donors (Lipinski definition) is 0. The fraction of sp³-hybridized carbons (Fsp3) is 0.235. The van der Waals surface area contributed by atoms with E-state index >= 15 is 0 Å². The van der Waals surface area contributed by atoms with Crippen molar-refractivity contribution in [1.29, 1.82) is 0 Å². The second-order valence-electron chi connectivity index (χ2n) is 5.20. The first kappa shape index (κ1) is 13.2. The number of benzene rings is 1. The van der Waals surface area contributed by atoms with Crippen LogP contribution in [0.5, 0.6) is 0 Å². The Labute approximate surface area is 131 Å². The summed E-state index contributed by atoms with van der Waals surface area (Å²) in [7, 11) is 0. The number of Topliss-reactive ketones (excluding diaryl/α,β-unsaturated/α-hetero) is 1. The molecule has 2 aromatic heterocycles. The summed E-state index contributed by atoms with van der Waals surface area (Å²) in [4.78, 5) is 13.4. The van der Waals surface area contributed by atoms with Crippen molar-refractivity contribution in [2.75, 3.05) is 6.61 Å². The van der Waals surface area contributed by atoms with Crippen LogP contribution in [-0.4, -0.2) is 12.4 Å². The molecule has 0 N–H and O–H groups in total. The molecule has 1 aromatic carbocycles. The number of ether oxygens (including phenoxy) is 1. The minimum Gasteiger partial charge on any atom is -0.373 e. The lowest BCUT2D eigenvalue weighted by Gasteiger charge is -2.25. The van der Waals surface area contributed by atoms with Crippen LogP contribution in [0.4, 0.5) is 0 Å². The van der Waals surface area contributed by atoms with E-state index < -0.39 is 0 Å². The first-order valence-corrected chi connectivity index (χ1v) is 8.70. The van der Waals surface area contributed by atoms with Crippen molar-refractivity contribution in [3.63, 3.8) is 0 Å². The summed E-state index contributed by atoms with van der Waals surface area (Å²) in [5.41, 5.74) is 2.49. The largest absolute Gasteiger partial charge is 0.373 e. The van der Waals surface area contributed by atoms with E-state index in [1.807, 2.05) is 12.1 Å². The van der Waals surface area contributed by atoms with E-state index in [1.54, 1.807) is 22.7 Å². The molecule has 1 aliphatic rings. The Hall–Kier alpha value is -1.49. The SMILES string of the molecule is O=C(CC1OCCc2ccccc21)c1cc2sccc2s1. The lowest BCUT2D eigenvalue weighted by molar-refractivity contribution is 0.0353. The van der Waals surface area contributed by atoms with Crippen molar-refractivity contribution >= 4 is 37.9 Å². The van der Waals surface area contributed by atoms with Gasteiger partial charge in [-0.15, -0.1) is 22.7 Å². The van der Waals surface area contributed by atoms with E-state index in [4.69, 9.17) is 4.74 Å². The van der Waals surface area contributed by atoms with E-state index in [0.717, 1.165) is 11.3 Å². The third-order valence-electron chi connectivity index (χ3n) is 3.88. The Balaban J connectivity index is 1.59. The molecule has 1 unspecified atom stereocenters. The highest BCUT2D eigenvalue weighted by molar-refractivity contribution is 7.27. The second-order valence-corrected chi connectivity index (χ2v) is 7.23. The van der Waals surface area contributed by atoms with Crippen molar-refractivity contribution in [2.45, 2.75) is 18.9 Å². The number of thiophene rings is 2. The van der Waals surface area contributed by atoms with Gasteiger partial charge in [-0.1, -0.05) is 24.3 Å². The van der Waals surface area contributed by atoms with Gasteiger partial charge in [-0.3, -0.25) is 4.79 Å². The third kappa shape index (κ3) is 2.44. The average Bonchev–Trinajstić information content (AvgIpc) is 3.09. The zero-order valence-corrected chi connectivity index (χ0v) is 13.0. The van der Waals surface area contributed by atoms with Gasteiger partial charge in [0.05, 0.1) is 17.6 Å². The number of carbonyl (C=O) groups is 1. The van der Waals surface area contributed by atoms with Gasteiger partial charge in [-0.2, -0.15) is 0 Å². The quantitative estimate of drug-likeness (QED) is 0.646. The van der Waals surface area contributed by atoms with E-state index in [2.05, 4.69) is 29.6 Å². The summed E-state index contributed by atoms with van der Waals surface area (Å²) in [6.07, 6.45) is 1.28. The number of rotatable bonds is 3. The van der Waals surface area contributed by atoms with Crippen molar-refractivity contribution < 1.29 is 9.53 Å². The van der Waals surface area contributed by atoms with Gasteiger partial charge < -0.3 is 4.74 Å². The fourth-order valence-electron chi connectivity index (χ4n) is 2.82. The number of fused-ring (bicyclic) bond motifs is 2. The summed E-state index contributed by atoms with van der Waals surface area (Å²) in [5, 5.41) is 2.07. The van der Waals surface area contributed by atoms with Crippen molar-refractivity contribution in [3.8, 4) is 0 Å². The zero-order valence-electron chi connectivity index (χ0n) is 11.4. The molecule has 3 aromatic rings. The van der Waals surface area contributed by atoms with Gasteiger partial charge >= 0.3 is 0 Å². The molecule has 2 nitrogen and oxygen atoms in total. The van der Waals surface area contributed by atoms with Crippen LogP contribution in [0.3, 0.4) is 0 Å². The molecule has 0 fully saturated rings. The van der Waals surface area contributed by atoms with E-state index in [1.165, 1.54) is 20.5 Å². The van der Waals surface area contributed by atoms with Gasteiger partial charge in [-0.25, -0.2) is 0 Å². The van der Waals surface area contributed by atoms with E-state index in [0.29, 0.717) is 13.0 Å². The van der Waals surface area contributed by atoms with Gasteiger partial charge in [0.15, 0.2) is 5.78 Å². The molecule has 0 spiro atoms. The topological polar surface area (TPSA) is 26.3 Å². The summed E-state index contributed by atoms with van der Waals surface area (Å²) < 4.78 is 8.24. The third-order valence-corrected chi connectivity index (χ3v) is 6.01. The van der Waals surface area contributed by atoms with Crippen LogP contribution >= 0.6 is 22.7 Å². The molecule has 0 saturated carbocycles. The maximum atomic E-state index is 12.5. The maximum absolute atomic E-state index is 12.5. The van der Waals surface area contributed by atoms with E-state index in [-0.39, 0.29) is 11.9 Å². The molecule has 0 amide bonds. The summed E-state index contributed by atoms with van der Waals surface area (Å²) in [6.45, 7) is 0.703. The first-order chi connectivity index (χ1) is 10.3. The first-order valence-electron chi connectivity index (χ1n) is 7.01. The number of carbonyl (C=O) groups excluding carboxylic acids is 1. The second kappa shape index (κ2) is 5.37. The van der Waals surface area contributed by atoms with Crippen molar-refractivity contribution in [2.24, 2.45) is 0 Å².